The summed E-state index contributed by atoms with van der Waals surface area (Å²) in [6.07, 6.45) is 4.15. The zero-order chi connectivity index (χ0) is 18.8. The van der Waals surface area contributed by atoms with Gasteiger partial charge in [0.05, 0.1) is 5.71 Å². The second kappa shape index (κ2) is 10.6. The van der Waals surface area contributed by atoms with E-state index in [0.29, 0.717) is 10.8 Å². The minimum absolute atomic E-state index is 0.0942. The zero-order valence-corrected chi connectivity index (χ0v) is 16.1. The molecule has 0 aliphatic rings. The highest BCUT2D eigenvalue weighted by molar-refractivity contribution is 6.30. The summed E-state index contributed by atoms with van der Waals surface area (Å²) >= 11 is 5.92. The number of aryl methyl sites for hydroxylation is 1. The Kier molecular flexibility index (Phi) is 8.16. The van der Waals surface area contributed by atoms with E-state index in [2.05, 4.69) is 17.5 Å². The van der Waals surface area contributed by atoms with Crippen molar-refractivity contribution in [2.45, 2.75) is 39.5 Å². The van der Waals surface area contributed by atoms with Gasteiger partial charge in [0.25, 0.3) is 5.91 Å². The number of halogens is 1. The summed E-state index contributed by atoms with van der Waals surface area (Å²) in [4.78, 5) is 12.1. The number of carbonyl (C=O) groups is 1. The van der Waals surface area contributed by atoms with Gasteiger partial charge >= 0.3 is 0 Å². The van der Waals surface area contributed by atoms with Crippen LogP contribution in [-0.2, 0) is 4.79 Å². The molecule has 0 saturated carbocycles. The van der Waals surface area contributed by atoms with Crippen LogP contribution in [0.3, 0.4) is 0 Å². The van der Waals surface area contributed by atoms with E-state index in [-0.39, 0.29) is 12.5 Å². The normalized spacial score (nSPS) is 11.3. The summed E-state index contributed by atoms with van der Waals surface area (Å²) in [5.74, 6) is 0.350. The van der Waals surface area contributed by atoms with Crippen molar-refractivity contribution in [2.24, 2.45) is 5.10 Å². The Labute approximate surface area is 160 Å². The highest BCUT2D eigenvalue weighted by atomic mass is 35.5. The van der Waals surface area contributed by atoms with Gasteiger partial charge < -0.3 is 4.74 Å². The van der Waals surface area contributed by atoms with Gasteiger partial charge in [-0.05, 0) is 49.1 Å². The Hall–Kier alpha value is -2.33. The van der Waals surface area contributed by atoms with E-state index >= 15 is 0 Å². The lowest BCUT2D eigenvalue weighted by molar-refractivity contribution is -0.123. The molecule has 0 heterocycles. The Bertz CT molecular complexity index is 745. The number of amides is 1. The third-order valence-electron chi connectivity index (χ3n) is 3.94. The van der Waals surface area contributed by atoms with Gasteiger partial charge in [-0.2, -0.15) is 5.10 Å². The molecule has 0 spiro atoms. The summed E-state index contributed by atoms with van der Waals surface area (Å²) in [5.41, 5.74) is 5.41. The van der Waals surface area contributed by atoms with Crippen molar-refractivity contribution >= 4 is 23.2 Å². The number of carbonyl (C=O) groups excluding carboxylic acids is 1. The predicted molar refractivity (Wildman–Crippen MR) is 107 cm³/mol. The van der Waals surface area contributed by atoms with E-state index in [9.17, 15) is 4.79 Å². The maximum Gasteiger partial charge on any atom is 0.277 e. The van der Waals surface area contributed by atoms with Crippen molar-refractivity contribution in [1.29, 1.82) is 0 Å². The van der Waals surface area contributed by atoms with Crippen molar-refractivity contribution in [1.82, 2.24) is 5.43 Å². The molecule has 0 unspecified atom stereocenters. The number of nitrogens with one attached hydrogen (secondary N) is 1. The second-order valence-electron chi connectivity index (χ2n) is 6.12. The van der Waals surface area contributed by atoms with Crippen LogP contribution in [-0.4, -0.2) is 18.2 Å². The topological polar surface area (TPSA) is 50.7 Å². The van der Waals surface area contributed by atoms with Crippen LogP contribution in [0, 0.1) is 6.92 Å². The lowest BCUT2D eigenvalue weighted by Gasteiger charge is -2.10. The van der Waals surface area contributed by atoms with Gasteiger partial charge in [0.15, 0.2) is 6.61 Å². The lowest BCUT2D eigenvalue weighted by Crippen LogP contribution is -2.26. The summed E-state index contributed by atoms with van der Waals surface area (Å²) in [6, 6.07) is 15.2. The molecule has 0 radical (unpaired) electrons. The lowest BCUT2D eigenvalue weighted by atomic mass is 10.0. The first kappa shape index (κ1) is 20.0. The first-order valence-corrected chi connectivity index (χ1v) is 9.27. The van der Waals surface area contributed by atoms with E-state index < -0.39 is 0 Å². The molecule has 2 aromatic carbocycles. The minimum atomic E-state index is -0.289. The molecule has 138 valence electrons. The van der Waals surface area contributed by atoms with Gasteiger partial charge in [-0.3, -0.25) is 4.79 Å². The first-order chi connectivity index (χ1) is 12.6. The van der Waals surface area contributed by atoms with Crippen molar-refractivity contribution in [3.05, 3.63) is 64.7 Å². The molecule has 0 bridgehead atoms. The summed E-state index contributed by atoms with van der Waals surface area (Å²) < 4.78 is 5.55. The maximum atomic E-state index is 12.1. The fraction of sp³-hybridized carbons (Fsp3) is 0.333. The number of ether oxygens (including phenoxy) is 1. The number of hydrogen-bond donors (Lipinski definition) is 1. The SMILES string of the molecule is CCCCC/C(=N\NC(=O)COc1ccc(Cl)cc1C)c1ccccc1. The molecule has 0 fully saturated rings. The Morgan fingerprint density at radius 3 is 2.62 bits per heavy atom. The Morgan fingerprint density at radius 1 is 1.15 bits per heavy atom. The average molecular weight is 373 g/mol. The summed E-state index contributed by atoms with van der Waals surface area (Å²) in [5, 5.41) is 4.97. The minimum Gasteiger partial charge on any atom is -0.483 e. The van der Waals surface area contributed by atoms with E-state index in [1.807, 2.05) is 37.3 Å². The van der Waals surface area contributed by atoms with Gasteiger partial charge in [-0.1, -0.05) is 61.7 Å². The zero-order valence-electron chi connectivity index (χ0n) is 15.3. The predicted octanol–water partition coefficient (Wildman–Crippen LogP) is 5.13. The molecule has 0 aromatic heterocycles. The smallest absolute Gasteiger partial charge is 0.277 e. The van der Waals surface area contributed by atoms with Crippen LogP contribution in [0.1, 0.15) is 43.7 Å². The molecule has 0 aliphatic heterocycles. The van der Waals surface area contributed by atoms with Crippen LogP contribution in [0.15, 0.2) is 53.6 Å². The number of nitrogens with zero attached hydrogens (tertiary/aromatic N) is 1. The number of benzene rings is 2. The summed E-state index contributed by atoms with van der Waals surface area (Å²) in [6.45, 7) is 3.96. The number of unbranched alkanes of at least 4 members (excludes halogenated alkanes) is 2. The van der Waals surface area contributed by atoms with Crippen LogP contribution in [0.25, 0.3) is 0 Å². The van der Waals surface area contributed by atoms with E-state index in [0.717, 1.165) is 42.5 Å². The van der Waals surface area contributed by atoms with Crippen molar-refractivity contribution < 1.29 is 9.53 Å². The van der Waals surface area contributed by atoms with Crippen molar-refractivity contribution in [3.8, 4) is 5.75 Å². The molecule has 0 aliphatic carbocycles. The molecule has 0 atom stereocenters. The molecular weight excluding hydrogens is 348 g/mol. The summed E-state index contributed by atoms with van der Waals surface area (Å²) in [7, 11) is 0. The fourth-order valence-electron chi connectivity index (χ4n) is 2.52. The second-order valence-corrected chi connectivity index (χ2v) is 6.55. The number of rotatable bonds is 9. The van der Waals surface area contributed by atoms with Crippen LogP contribution in [0.2, 0.25) is 5.02 Å². The van der Waals surface area contributed by atoms with Crippen LogP contribution in [0.5, 0.6) is 5.75 Å². The third kappa shape index (κ3) is 6.52. The van der Waals surface area contributed by atoms with Crippen LogP contribution in [0.4, 0.5) is 0 Å². The molecule has 1 amide bonds. The van der Waals surface area contributed by atoms with E-state index in [1.54, 1.807) is 18.2 Å². The van der Waals surface area contributed by atoms with Gasteiger partial charge in [-0.25, -0.2) is 5.43 Å². The third-order valence-corrected chi connectivity index (χ3v) is 4.17. The molecule has 0 saturated heterocycles. The number of hydrazone groups is 1. The monoisotopic (exact) mass is 372 g/mol. The molecule has 5 heteroatoms. The molecule has 4 nitrogen and oxygen atoms in total. The molecule has 26 heavy (non-hydrogen) atoms. The first-order valence-electron chi connectivity index (χ1n) is 8.90. The van der Waals surface area contributed by atoms with Gasteiger partial charge in [0, 0.05) is 5.02 Å². The van der Waals surface area contributed by atoms with Crippen molar-refractivity contribution in [3.63, 3.8) is 0 Å². The fourth-order valence-corrected chi connectivity index (χ4v) is 2.74. The average Bonchev–Trinajstić information content (AvgIpc) is 2.64. The van der Waals surface area contributed by atoms with Crippen molar-refractivity contribution in [2.75, 3.05) is 6.61 Å². The van der Waals surface area contributed by atoms with Gasteiger partial charge in [0.2, 0.25) is 0 Å². The Morgan fingerprint density at radius 2 is 1.92 bits per heavy atom. The maximum absolute atomic E-state index is 12.1. The molecule has 1 N–H and O–H groups in total. The quantitative estimate of drug-likeness (QED) is 0.377. The standard InChI is InChI=1S/C21H25ClN2O2/c1-3-4-6-11-19(17-9-7-5-8-10-17)23-24-21(25)15-26-20-13-12-18(22)14-16(20)2/h5,7-10,12-14H,3-4,6,11,15H2,1-2H3,(H,24,25)/b23-19+. The van der Waals surface area contributed by atoms with Gasteiger partial charge in [0.1, 0.15) is 5.75 Å². The highest BCUT2D eigenvalue weighted by Crippen LogP contribution is 2.21. The molecule has 2 aromatic rings. The number of hydrogen-bond acceptors (Lipinski definition) is 3. The Balaban J connectivity index is 1.95. The van der Waals surface area contributed by atoms with E-state index in [1.165, 1.54) is 0 Å². The molecule has 2 rings (SSSR count). The molecular formula is C21H25ClN2O2. The van der Waals surface area contributed by atoms with E-state index in [4.69, 9.17) is 16.3 Å². The van der Waals surface area contributed by atoms with Gasteiger partial charge in [-0.15, -0.1) is 0 Å². The highest BCUT2D eigenvalue weighted by Gasteiger charge is 2.07. The van der Waals surface area contributed by atoms with Crippen LogP contribution >= 0.6 is 11.6 Å². The van der Waals surface area contributed by atoms with Crippen LogP contribution < -0.4 is 10.2 Å². The largest absolute Gasteiger partial charge is 0.483 e.